The molecule has 0 saturated carbocycles. The molecule has 4 nitrogen and oxygen atoms in total. The van der Waals surface area contributed by atoms with Gasteiger partial charge in [-0.25, -0.2) is 4.98 Å². The summed E-state index contributed by atoms with van der Waals surface area (Å²) in [7, 11) is 0. The van der Waals surface area contributed by atoms with Crippen molar-refractivity contribution < 1.29 is 9.84 Å². The van der Waals surface area contributed by atoms with E-state index in [2.05, 4.69) is 41.8 Å². The number of nitrogens with zero attached hydrogens (tertiary/aromatic N) is 2. The summed E-state index contributed by atoms with van der Waals surface area (Å²) in [6, 6.07) is 7.48. The average molecular weight is 374 g/mol. The van der Waals surface area contributed by atoms with Crippen LogP contribution >= 0.6 is 31.9 Å². The third-order valence-electron chi connectivity index (χ3n) is 2.14. The molecule has 18 heavy (non-hydrogen) atoms. The first-order chi connectivity index (χ1) is 8.58. The van der Waals surface area contributed by atoms with Gasteiger partial charge in [-0.2, -0.15) is 4.98 Å². The van der Waals surface area contributed by atoms with Crippen LogP contribution in [-0.2, 0) is 6.61 Å². The third kappa shape index (κ3) is 3.28. The molecule has 0 aliphatic heterocycles. The van der Waals surface area contributed by atoms with Crippen molar-refractivity contribution in [3.8, 4) is 11.8 Å². The van der Waals surface area contributed by atoms with Crippen LogP contribution in [0.5, 0.6) is 11.8 Å². The maximum Gasteiger partial charge on any atom is 0.322 e. The van der Waals surface area contributed by atoms with Gasteiger partial charge in [0.25, 0.3) is 0 Å². The van der Waals surface area contributed by atoms with Crippen molar-refractivity contribution in [1.82, 2.24) is 9.97 Å². The predicted octanol–water partition coefficient (Wildman–Crippen LogP) is 3.59. The highest BCUT2D eigenvalue weighted by atomic mass is 79.9. The minimum Gasteiger partial charge on any atom is -0.423 e. The first-order valence-electron chi connectivity index (χ1n) is 5.17. The molecule has 0 unspecified atom stereocenters. The SMILES string of the molecule is Cc1cc(CO)nc(Oc2ccc(Br)cc2Br)n1. The Kier molecular flexibility index (Phi) is 4.31. The molecule has 1 aromatic heterocycles. The summed E-state index contributed by atoms with van der Waals surface area (Å²) in [5.74, 6) is 0.618. The van der Waals surface area contributed by atoms with Gasteiger partial charge in [-0.15, -0.1) is 0 Å². The topological polar surface area (TPSA) is 55.2 Å². The molecule has 0 saturated heterocycles. The lowest BCUT2D eigenvalue weighted by Crippen LogP contribution is -1.98. The van der Waals surface area contributed by atoms with E-state index in [-0.39, 0.29) is 12.6 Å². The van der Waals surface area contributed by atoms with Gasteiger partial charge in [0.1, 0.15) is 5.75 Å². The van der Waals surface area contributed by atoms with Gasteiger partial charge in [0.05, 0.1) is 16.8 Å². The quantitative estimate of drug-likeness (QED) is 0.893. The van der Waals surface area contributed by atoms with Crippen LogP contribution in [0.1, 0.15) is 11.4 Å². The maximum atomic E-state index is 9.08. The van der Waals surface area contributed by atoms with E-state index in [1.807, 2.05) is 19.1 Å². The van der Waals surface area contributed by atoms with Crippen molar-refractivity contribution in [2.45, 2.75) is 13.5 Å². The minimum atomic E-state index is -0.138. The van der Waals surface area contributed by atoms with Gasteiger partial charge in [0, 0.05) is 10.2 Å². The van der Waals surface area contributed by atoms with Crippen molar-refractivity contribution >= 4 is 31.9 Å². The Labute approximate surface area is 121 Å². The van der Waals surface area contributed by atoms with Gasteiger partial charge >= 0.3 is 6.01 Å². The first kappa shape index (κ1) is 13.5. The zero-order chi connectivity index (χ0) is 13.1. The van der Waals surface area contributed by atoms with E-state index in [1.165, 1.54) is 0 Å². The van der Waals surface area contributed by atoms with Crippen molar-refractivity contribution in [1.29, 1.82) is 0 Å². The lowest BCUT2D eigenvalue weighted by Gasteiger charge is -2.08. The molecule has 1 heterocycles. The van der Waals surface area contributed by atoms with E-state index in [4.69, 9.17) is 9.84 Å². The van der Waals surface area contributed by atoms with E-state index in [1.54, 1.807) is 12.1 Å². The normalized spacial score (nSPS) is 10.4. The lowest BCUT2D eigenvalue weighted by atomic mass is 10.3. The Morgan fingerprint density at radius 3 is 2.67 bits per heavy atom. The fourth-order valence-corrected chi connectivity index (χ4v) is 2.52. The predicted molar refractivity (Wildman–Crippen MR) is 74.6 cm³/mol. The number of aliphatic hydroxyl groups excluding tert-OH is 1. The van der Waals surface area contributed by atoms with Crippen LogP contribution < -0.4 is 4.74 Å². The molecular formula is C12H10Br2N2O2. The standard InChI is InChI=1S/C12H10Br2N2O2/c1-7-4-9(6-17)16-12(15-7)18-11-3-2-8(13)5-10(11)14/h2-5,17H,6H2,1H3. The Morgan fingerprint density at radius 1 is 1.22 bits per heavy atom. The summed E-state index contributed by atoms with van der Waals surface area (Å²) in [4.78, 5) is 8.26. The molecule has 0 aliphatic carbocycles. The lowest BCUT2D eigenvalue weighted by molar-refractivity contribution is 0.274. The van der Waals surface area contributed by atoms with E-state index in [0.29, 0.717) is 11.4 Å². The molecular weight excluding hydrogens is 364 g/mol. The molecule has 0 amide bonds. The van der Waals surface area contributed by atoms with Gasteiger partial charge in [0.15, 0.2) is 0 Å². The second-order valence-corrected chi connectivity index (χ2v) is 5.39. The second kappa shape index (κ2) is 5.77. The van der Waals surface area contributed by atoms with Crippen molar-refractivity contribution in [3.63, 3.8) is 0 Å². The average Bonchev–Trinajstić information content (AvgIpc) is 2.32. The highest BCUT2D eigenvalue weighted by molar-refractivity contribution is 9.11. The molecule has 2 rings (SSSR count). The molecule has 1 N–H and O–H groups in total. The Morgan fingerprint density at radius 2 is 2.00 bits per heavy atom. The fourth-order valence-electron chi connectivity index (χ4n) is 1.39. The summed E-state index contributed by atoms with van der Waals surface area (Å²) >= 11 is 6.77. The number of aromatic nitrogens is 2. The van der Waals surface area contributed by atoms with Crippen LogP contribution in [0, 0.1) is 6.92 Å². The number of rotatable bonds is 3. The van der Waals surface area contributed by atoms with Crippen molar-refractivity contribution in [2.75, 3.05) is 0 Å². The van der Waals surface area contributed by atoms with Crippen molar-refractivity contribution in [2.24, 2.45) is 0 Å². The van der Waals surface area contributed by atoms with Crippen LogP contribution in [-0.4, -0.2) is 15.1 Å². The van der Waals surface area contributed by atoms with Gasteiger partial charge in [-0.05, 0) is 47.1 Å². The summed E-state index contributed by atoms with van der Waals surface area (Å²) in [5, 5.41) is 9.08. The summed E-state index contributed by atoms with van der Waals surface area (Å²) in [6.07, 6.45) is 0. The molecule has 0 radical (unpaired) electrons. The third-order valence-corrected chi connectivity index (χ3v) is 3.26. The maximum absolute atomic E-state index is 9.08. The van der Waals surface area contributed by atoms with Gasteiger partial charge in [0.2, 0.25) is 0 Å². The highest BCUT2D eigenvalue weighted by Crippen LogP contribution is 2.30. The van der Waals surface area contributed by atoms with Crippen LogP contribution in [0.15, 0.2) is 33.2 Å². The zero-order valence-electron chi connectivity index (χ0n) is 9.52. The van der Waals surface area contributed by atoms with Crippen LogP contribution in [0.4, 0.5) is 0 Å². The first-order valence-corrected chi connectivity index (χ1v) is 6.75. The molecule has 2 aromatic rings. The smallest absolute Gasteiger partial charge is 0.322 e. The van der Waals surface area contributed by atoms with Gasteiger partial charge in [-0.3, -0.25) is 0 Å². The van der Waals surface area contributed by atoms with Crippen LogP contribution in [0.25, 0.3) is 0 Å². The molecule has 0 spiro atoms. The number of hydrogen-bond acceptors (Lipinski definition) is 4. The van der Waals surface area contributed by atoms with E-state index in [0.717, 1.165) is 14.6 Å². The minimum absolute atomic E-state index is 0.138. The Bertz CT molecular complexity index is 576. The molecule has 1 aromatic carbocycles. The van der Waals surface area contributed by atoms with Crippen LogP contribution in [0.2, 0.25) is 0 Å². The van der Waals surface area contributed by atoms with Gasteiger partial charge < -0.3 is 9.84 Å². The summed E-state index contributed by atoms with van der Waals surface area (Å²) in [5.41, 5.74) is 1.28. The number of halogens is 2. The number of benzene rings is 1. The molecule has 0 bridgehead atoms. The summed E-state index contributed by atoms with van der Waals surface area (Å²) in [6.45, 7) is 1.69. The zero-order valence-corrected chi connectivity index (χ0v) is 12.7. The number of aryl methyl sites for hydroxylation is 1. The Hall–Kier alpha value is -0.980. The Balaban J connectivity index is 2.30. The van der Waals surface area contributed by atoms with E-state index in [9.17, 15) is 0 Å². The van der Waals surface area contributed by atoms with Crippen molar-refractivity contribution in [3.05, 3.63) is 44.6 Å². The van der Waals surface area contributed by atoms with E-state index >= 15 is 0 Å². The van der Waals surface area contributed by atoms with Gasteiger partial charge in [-0.1, -0.05) is 15.9 Å². The molecule has 0 aliphatic rings. The second-order valence-electron chi connectivity index (χ2n) is 3.62. The van der Waals surface area contributed by atoms with Crippen LogP contribution in [0.3, 0.4) is 0 Å². The molecule has 94 valence electrons. The molecule has 0 fully saturated rings. The van der Waals surface area contributed by atoms with E-state index < -0.39 is 0 Å². The number of ether oxygens (including phenoxy) is 1. The summed E-state index contributed by atoms with van der Waals surface area (Å²) < 4.78 is 7.33. The highest BCUT2D eigenvalue weighted by Gasteiger charge is 2.07. The largest absolute Gasteiger partial charge is 0.423 e. The molecule has 0 atom stereocenters. The number of aliphatic hydroxyl groups is 1. The molecule has 6 heteroatoms. The monoisotopic (exact) mass is 372 g/mol. The number of hydrogen-bond donors (Lipinski definition) is 1. The fraction of sp³-hybridized carbons (Fsp3) is 0.167.